The van der Waals surface area contributed by atoms with Gasteiger partial charge in [0.25, 0.3) is 0 Å². The average Bonchev–Trinajstić information content (AvgIpc) is 2.58. The molecule has 0 aromatic heterocycles. The molecule has 1 aromatic rings. The van der Waals surface area contributed by atoms with Crippen LogP contribution in [0.25, 0.3) is 0 Å². The van der Waals surface area contributed by atoms with Crippen molar-refractivity contribution in [2.24, 2.45) is 0 Å². The smallest absolute Gasteiger partial charge is 0.0928 e. The van der Waals surface area contributed by atoms with Crippen LogP contribution in [-0.2, 0) is 5.60 Å². The predicted octanol–water partition coefficient (Wildman–Crippen LogP) is 2.41. The molecule has 3 rings (SSSR count). The van der Waals surface area contributed by atoms with E-state index in [0.29, 0.717) is 12.1 Å². The first-order valence-electron chi connectivity index (χ1n) is 6.63. The van der Waals surface area contributed by atoms with Crippen LogP contribution in [0.5, 0.6) is 0 Å². The largest absolute Gasteiger partial charge is 0.385 e. The van der Waals surface area contributed by atoms with Gasteiger partial charge in [-0.05, 0) is 50.7 Å². The van der Waals surface area contributed by atoms with E-state index in [-0.39, 0.29) is 0 Å². The van der Waals surface area contributed by atoms with Crippen molar-refractivity contribution >= 4 is 0 Å². The van der Waals surface area contributed by atoms with Crippen molar-refractivity contribution in [2.75, 3.05) is 0 Å². The second-order valence-electron chi connectivity index (χ2n) is 5.90. The molecule has 0 saturated carbocycles. The molecule has 2 N–H and O–H groups in total. The molecule has 2 aliphatic rings. The van der Waals surface area contributed by atoms with E-state index in [1.165, 1.54) is 24.0 Å². The maximum atomic E-state index is 11.0. The first-order valence-corrected chi connectivity index (χ1v) is 6.63. The summed E-state index contributed by atoms with van der Waals surface area (Å²) in [5.41, 5.74) is 3.04. The lowest BCUT2D eigenvalue weighted by Crippen LogP contribution is -2.47. The molecule has 2 atom stereocenters. The lowest BCUT2D eigenvalue weighted by molar-refractivity contribution is -0.0119. The highest BCUT2D eigenvalue weighted by Crippen LogP contribution is 2.41. The van der Waals surface area contributed by atoms with Gasteiger partial charge in [-0.3, -0.25) is 0 Å². The van der Waals surface area contributed by atoms with E-state index in [1.807, 2.05) is 0 Å². The van der Waals surface area contributed by atoms with E-state index in [2.05, 4.69) is 37.4 Å². The molecule has 0 amide bonds. The quantitative estimate of drug-likeness (QED) is 0.778. The van der Waals surface area contributed by atoms with Gasteiger partial charge in [0, 0.05) is 12.1 Å². The summed E-state index contributed by atoms with van der Waals surface area (Å²) >= 11 is 0. The first kappa shape index (κ1) is 11.2. The van der Waals surface area contributed by atoms with Gasteiger partial charge in [0.2, 0.25) is 0 Å². The second-order valence-corrected chi connectivity index (χ2v) is 5.90. The zero-order valence-corrected chi connectivity index (χ0v) is 10.7. The number of aryl methyl sites for hydroxylation is 2. The normalized spacial score (nSPS) is 36.2. The number of rotatable bonds is 1. The number of piperidine rings is 1. The van der Waals surface area contributed by atoms with Gasteiger partial charge in [-0.2, -0.15) is 0 Å². The highest BCUT2D eigenvalue weighted by molar-refractivity contribution is 5.35. The molecular formula is C15H21NO. The molecule has 2 saturated heterocycles. The Morgan fingerprint density at radius 2 is 1.82 bits per heavy atom. The van der Waals surface area contributed by atoms with Crippen LogP contribution < -0.4 is 5.32 Å². The molecule has 0 spiro atoms. The van der Waals surface area contributed by atoms with Gasteiger partial charge in [-0.25, -0.2) is 0 Å². The maximum Gasteiger partial charge on any atom is 0.0928 e. The molecule has 0 aliphatic carbocycles. The average molecular weight is 231 g/mol. The van der Waals surface area contributed by atoms with Crippen LogP contribution in [0, 0.1) is 13.8 Å². The zero-order valence-electron chi connectivity index (χ0n) is 10.7. The summed E-state index contributed by atoms with van der Waals surface area (Å²) < 4.78 is 0. The Hall–Kier alpha value is -0.860. The Morgan fingerprint density at radius 1 is 1.18 bits per heavy atom. The number of hydrogen-bond acceptors (Lipinski definition) is 2. The zero-order chi connectivity index (χ0) is 12.0. The van der Waals surface area contributed by atoms with Crippen molar-refractivity contribution in [1.82, 2.24) is 5.32 Å². The van der Waals surface area contributed by atoms with E-state index in [0.717, 1.165) is 18.4 Å². The Balaban J connectivity index is 1.97. The minimum atomic E-state index is -0.602. The molecular weight excluding hydrogens is 210 g/mol. The molecule has 2 heterocycles. The summed E-state index contributed by atoms with van der Waals surface area (Å²) in [7, 11) is 0. The van der Waals surface area contributed by atoms with Crippen LogP contribution in [-0.4, -0.2) is 17.2 Å². The summed E-state index contributed by atoms with van der Waals surface area (Å²) in [5, 5.41) is 14.5. The van der Waals surface area contributed by atoms with Gasteiger partial charge >= 0.3 is 0 Å². The van der Waals surface area contributed by atoms with Crippen LogP contribution in [0.15, 0.2) is 18.2 Å². The van der Waals surface area contributed by atoms with E-state index >= 15 is 0 Å². The Bertz CT molecular complexity index is 429. The van der Waals surface area contributed by atoms with Crippen LogP contribution in [0.3, 0.4) is 0 Å². The Labute approximate surface area is 103 Å². The number of benzene rings is 1. The fourth-order valence-corrected chi connectivity index (χ4v) is 3.68. The van der Waals surface area contributed by atoms with E-state index < -0.39 is 5.60 Å². The van der Waals surface area contributed by atoms with Crippen molar-refractivity contribution in [3.63, 3.8) is 0 Å². The third-order valence-electron chi connectivity index (χ3n) is 4.39. The third-order valence-corrected chi connectivity index (χ3v) is 4.39. The highest BCUT2D eigenvalue weighted by atomic mass is 16.3. The SMILES string of the molecule is Cc1ccc(C2(O)CC3CCC(C2)N3)c(C)c1. The highest BCUT2D eigenvalue weighted by Gasteiger charge is 2.43. The molecule has 2 aliphatic heterocycles. The van der Waals surface area contributed by atoms with Crippen molar-refractivity contribution < 1.29 is 5.11 Å². The van der Waals surface area contributed by atoms with Gasteiger partial charge in [0.15, 0.2) is 0 Å². The third kappa shape index (κ3) is 1.90. The van der Waals surface area contributed by atoms with Crippen LogP contribution in [0.4, 0.5) is 0 Å². The number of aliphatic hydroxyl groups is 1. The number of hydrogen-bond donors (Lipinski definition) is 2. The van der Waals surface area contributed by atoms with Gasteiger partial charge in [-0.1, -0.05) is 23.8 Å². The van der Waals surface area contributed by atoms with Crippen molar-refractivity contribution in [3.8, 4) is 0 Å². The Morgan fingerprint density at radius 3 is 2.41 bits per heavy atom. The summed E-state index contributed by atoms with van der Waals surface area (Å²) in [6.45, 7) is 4.22. The summed E-state index contributed by atoms with van der Waals surface area (Å²) in [6, 6.07) is 7.44. The first-order chi connectivity index (χ1) is 8.07. The van der Waals surface area contributed by atoms with E-state index in [1.54, 1.807) is 0 Å². The molecule has 2 heteroatoms. The summed E-state index contributed by atoms with van der Waals surface area (Å²) in [6.07, 6.45) is 4.18. The van der Waals surface area contributed by atoms with E-state index in [9.17, 15) is 5.11 Å². The fourth-order valence-electron chi connectivity index (χ4n) is 3.68. The molecule has 2 nitrogen and oxygen atoms in total. The van der Waals surface area contributed by atoms with Crippen molar-refractivity contribution in [1.29, 1.82) is 0 Å². The monoisotopic (exact) mass is 231 g/mol. The summed E-state index contributed by atoms with van der Waals surface area (Å²) in [5.74, 6) is 0. The van der Waals surface area contributed by atoms with Crippen molar-refractivity contribution in [3.05, 3.63) is 34.9 Å². The topological polar surface area (TPSA) is 32.3 Å². The number of fused-ring (bicyclic) bond motifs is 2. The van der Waals surface area contributed by atoms with E-state index in [4.69, 9.17) is 0 Å². The lowest BCUT2D eigenvalue weighted by Gasteiger charge is -2.38. The van der Waals surface area contributed by atoms with Crippen LogP contribution >= 0.6 is 0 Å². The Kier molecular flexibility index (Phi) is 2.53. The molecule has 2 fully saturated rings. The molecule has 2 unspecified atom stereocenters. The molecule has 0 radical (unpaired) electrons. The lowest BCUT2D eigenvalue weighted by atomic mass is 9.79. The summed E-state index contributed by atoms with van der Waals surface area (Å²) in [4.78, 5) is 0. The second kappa shape index (κ2) is 3.82. The number of nitrogens with one attached hydrogen (secondary N) is 1. The van der Waals surface area contributed by atoms with Gasteiger partial charge in [-0.15, -0.1) is 0 Å². The minimum Gasteiger partial charge on any atom is -0.385 e. The van der Waals surface area contributed by atoms with Gasteiger partial charge in [0.1, 0.15) is 0 Å². The predicted molar refractivity (Wildman–Crippen MR) is 69.0 cm³/mol. The molecule has 2 bridgehead atoms. The van der Waals surface area contributed by atoms with Gasteiger partial charge < -0.3 is 10.4 Å². The molecule has 92 valence electrons. The van der Waals surface area contributed by atoms with Gasteiger partial charge in [0.05, 0.1) is 5.60 Å². The minimum absolute atomic E-state index is 0.513. The van der Waals surface area contributed by atoms with Crippen LogP contribution in [0.1, 0.15) is 42.4 Å². The maximum absolute atomic E-state index is 11.0. The molecule has 17 heavy (non-hydrogen) atoms. The van der Waals surface area contributed by atoms with Crippen molar-refractivity contribution in [2.45, 2.75) is 57.2 Å². The fraction of sp³-hybridized carbons (Fsp3) is 0.600. The van der Waals surface area contributed by atoms with Crippen LogP contribution in [0.2, 0.25) is 0 Å². The molecule has 1 aromatic carbocycles. The standard InChI is InChI=1S/C15H21NO/c1-10-3-6-14(11(2)7-10)15(17)8-12-4-5-13(9-15)16-12/h3,6-7,12-13,16-17H,4-5,8-9H2,1-2H3.